The second-order valence-corrected chi connectivity index (χ2v) is 6.67. The monoisotopic (exact) mass is 367 g/mol. The Bertz CT molecular complexity index is 698. The molecule has 1 aromatic heterocycles. The molecule has 0 radical (unpaired) electrons. The molecule has 7 heteroatoms. The molecule has 0 bridgehead atoms. The summed E-state index contributed by atoms with van der Waals surface area (Å²) in [6, 6.07) is 3.84. The molecule has 1 N–H and O–H groups in total. The molecule has 0 aliphatic heterocycles. The van der Waals surface area contributed by atoms with Gasteiger partial charge in [-0.1, -0.05) is 15.9 Å². The molecule has 0 spiro atoms. The minimum Gasteiger partial charge on any atom is -0.444 e. The molecule has 2 aromatic rings. The topological polar surface area (TPSA) is 73.3 Å². The Labute approximate surface area is 137 Å². The highest BCUT2D eigenvalue weighted by Gasteiger charge is 2.17. The van der Waals surface area contributed by atoms with Gasteiger partial charge in [0.1, 0.15) is 5.60 Å². The standard InChI is InChI=1S/C15H18BrN3O3/c1-15(2,3)22-14(20)19-13-17-7-9-5-11(16)6-10(8-21-4)12(9)18-13/h5-7H,8H2,1-4H3,(H,17,18,19,20). The summed E-state index contributed by atoms with van der Waals surface area (Å²) in [7, 11) is 1.62. The van der Waals surface area contributed by atoms with E-state index in [-0.39, 0.29) is 5.95 Å². The lowest BCUT2D eigenvalue weighted by Crippen LogP contribution is -2.27. The Morgan fingerprint density at radius 1 is 1.36 bits per heavy atom. The van der Waals surface area contributed by atoms with Gasteiger partial charge in [0.2, 0.25) is 5.95 Å². The second-order valence-electron chi connectivity index (χ2n) is 5.76. The van der Waals surface area contributed by atoms with Crippen molar-refractivity contribution in [1.29, 1.82) is 0 Å². The zero-order valence-corrected chi connectivity index (χ0v) is 14.5. The molecular formula is C15H18BrN3O3. The van der Waals surface area contributed by atoms with Crippen LogP contribution in [0.25, 0.3) is 10.9 Å². The van der Waals surface area contributed by atoms with Gasteiger partial charge in [-0.05, 0) is 32.9 Å². The number of methoxy groups -OCH3 is 1. The van der Waals surface area contributed by atoms with Crippen LogP contribution in [0.5, 0.6) is 0 Å². The normalized spacial score (nSPS) is 11.5. The molecule has 0 saturated heterocycles. The van der Waals surface area contributed by atoms with Crippen molar-refractivity contribution in [3.05, 3.63) is 28.4 Å². The summed E-state index contributed by atoms with van der Waals surface area (Å²) in [5.41, 5.74) is 1.06. The first-order chi connectivity index (χ1) is 10.3. The number of aromatic nitrogens is 2. The molecular weight excluding hydrogens is 350 g/mol. The van der Waals surface area contributed by atoms with Gasteiger partial charge in [-0.3, -0.25) is 5.32 Å². The van der Waals surface area contributed by atoms with E-state index in [1.165, 1.54) is 0 Å². The highest BCUT2D eigenvalue weighted by atomic mass is 79.9. The van der Waals surface area contributed by atoms with Gasteiger partial charge in [-0.15, -0.1) is 0 Å². The summed E-state index contributed by atoms with van der Waals surface area (Å²) in [4.78, 5) is 20.3. The molecule has 118 valence electrons. The van der Waals surface area contributed by atoms with E-state index in [9.17, 15) is 4.79 Å². The first-order valence-corrected chi connectivity index (χ1v) is 7.52. The third kappa shape index (κ3) is 4.38. The molecule has 2 rings (SSSR count). The van der Waals surface area contributed by atoms with E-state index < -0.39 is 11.7 Å². The first-order valence-electron chi connectivity index (χ1n) is 6.72. The number of fused-ring (bicyclic) bond motifs is 1. The number of anilines is 1. The highest BCUT2D eigenvalue weighted by Crippen LogP contribution is 2.24. The van der Waals surface area contributed by atoms with E-state index in [1.54, 1.807) is 34.1 Å². The van der Waals surface area contributed by atoms with Crippen molar-refractivity contribution in [2.75, 3.05) is 12.4 Å². The van der Waals surface area contributed by atoms with Crippen molar-refractivity contribution in [2.24, 2.45) is 0 Å². The summed E-state index contributed by atoms with van der Waals surface area (Å²) >= 11 is 3.44. The van der Waals surface area contributed by atoms with Crippen LogP contribution in [0.1, 0.15) is 26.3 Å². The van der Waals surface area contributed by atoms with Crippen molar-refractivity contribution in [3.63, 3.8) is 0 Å². The molecule has 0 saturated carbocycles. The van der Waals surface area contributed by atoms with Crippen LogP contribution < -0.4 is 5.32 Å². The molecule has 0 aliphatic rings. The van der Waals surface area contributed by atoms with Crippen molar-refractivity contribution in [3.8, 4) is 0 Å². The van der Waals surface area contributed by atoms with Crippen molar-refractivity contribution in [1.82, 2.24) is 9.97 Å². The molecule has 1 heterocycles. The zero-order chi connectivity index (χ0) is 16.3. The number of benzene rings is 1. The fraction of sp³-hybridized carbons (Fsp3) is 0.400. The summed E-state index contributed by atoms with van der Waals surface area (Å²) in [6.07, 6.45) is 1.07. The fourth-order valence-corrected chi connectivity index (χ4v) is 2.42. The number of hydrogen-bond donors (Lipinski definition) is 1. The second kappa shape index (κ2) is 6.58. The average Bonchev–Trinajstić information content (AvgIpc) is 2.37. The fourth-order valence-electron chi connectivity index (χ4n) is 1.90. The van der Waals surface area contributed by atoms with Gasteiger partial charge in [0.25, 0.3) is 0 Å². The highest BCUT2D eigenvalue weighted by molar-refractivity contribution is 9.10. The van der Waals surface area contributed by atoms with Gasteiger partial charge in [0, 0.05) is 28.7 Å². The van der Waals surface area contributed by atoms with Gasteiger partial charge in [-0.2, -0.15) is 0 Å². The molecule has 6 nitrogen and oxygen atoms in total. The minimum atomic E-state index is -0.586. The van der Waals surface area contributed by atoms with E-state index in [4.69, 9.17) is 9.47 Å². The Morgan fingerprint density at radius 2 is 2.09 bits per heavy atom. The number of hydrogen-bond acceptors (Lipinski definition) is 5. The number of rotatable bonds is 3. The van der Waals surface area contributed by atoms with Crippen LogP contribution in [0.15, 0.2) is 22.8 Å². The third-order valence-electron chi connectivity index (χ3n) is 2.64. The lowest BCUT2D eigenvalue weighted by Gasteiger charge is -2.19. The molecule has 22 heavy (non-hydrogen) atoms. The van der Waals surface area contributed by atoms with Crippen LogP contribution in [0.2, 0.25) is 0 Å². The number of halogens is 1. The SMILES string of the molecule is COCc1cc(Br)cc2cnc(NC(=O)OC(C)(C)C)nc12. The van der Waals surface area contributed by atoms with Gasteiger partial charge in [0.15, 0.2) is 0 Å². The number of ether oxygens (including phenoxy) is 2. The van der Waals surface area contributed by atoms with Crippen LogP contribution in [0.4, 0.5) is 10.7 Å². The molecule has 0 unspecified atom stereocenters. The lowest BCUT2D eigenvalue weighted by atomic mass is 10.1. The molecule has 0 fully saturated rings. The predicted molar refractivity (Wildman–Crippen MR) is 87.8 cm³/mol. The van der Waals surface area contributed by atoms with Gasteiger partial charge in [0.05, 0.1) is 12.1 Å². The van der Waals surface area contributed by atoms with E-state index in [0.29, 0.717) is 6.61 Å². The number of nitrogens with zero attached hydrogens (tertiary/aromatic N) is 2. The number of nitrogens with one attached hydrogen (secondary N) is 1. The van der Waals surface area contributed by atoms with Crippen molar-refractivity contribution < 1.29 is 14.3 Å². The minimum absolute atomic E-state index is 0.196. The van der Waals surface area contributed by atoms with E-state index in [2.05, 4.69) is 31.2 Å². The molecule has 0 aliphatic carbocycles. The van der Waals surface area contributed by atoms with Crippen molar-refractivity contribution >= 4 is 38.9 Å². The number of carbonyl (C=O) groups excluding carboxylic acids is 1. The van der Waals surface area contributed by atoms with Gasteiger partial charge < -0.3 is 9.47 Å². The largest absolute Gasteiger partial charge is 0.444 e. The first kappa shape index (κ1) is 16.6. The van der Waals surface area contributed by atoms with Crippen LogP contribution >= 0.6 is 15.9 Å². The summed E-state index contributed by atoms with van der Waals surface area (Å²) in [5.74, 6) is 0.196. The maximum absolute atomic E-state index is 11.8. The van der Waals surface area contributed by atoms with Crippen LogP contribution in [-0.2, 0) is 16.1 Å². The zero-order valence-electron chi connectivity index (χ0n) is 12.9. The Hall–Kier alpha value is -1.73. The van der Waals surface area contributed by atoms with Crippen LogP contribution in [-0.4, -0.2) is 28.8 Å². The van der Waals surface area contributed by atoms with E-state index >= 15 is 0 Å². The molecule has 1 amide bonds. The summed E-state index contributed by atoms with van der Waals surface area (Å²) in [6.45, 7) is 5.80. The lowest BCUT2D eigenvalue weighted by molar-refractivity contribution is 0.0634. The third-order valence-corrected chi connectivity index (χ3v) is 3.10. The van der Waals surface area contributed by atoms with E-state index in [0.717, 1.165) is 20.9 Å². The van der Waals surface area contributed by atoms with Crippen molar-refractivity contribution in [2.45, 2.75) is 33.0 Å². The van der Waals surface area contributed by atoms with Crippen LogP contribution in [0, 0.1) is 0 Å². The maximum Gasteiger partial charge on any atom is 0.414 e. The summed E-state index contributed by atoms with van der Waals surface area (Å²) < 4.78 is 11.3. The molecule has 0 atom stereocenters. The smallest absolute Gasteiger partial charge is 0.414 e. The molecule has 1 aromatic carbocycles. The Balaban J connectivity index is 2.31. The number of carbonyl (C=O) groups is 1. The Kier molecular flexibility index (Phi) is 4.97. The van der Waals surface area contributed by atoms with E-state index in [1.807, 2.05) is 12.1 Å². The van der Waals surface area contributed by atoms with Gasteiger partial charge >= 0.3 is 6.09 Å². The van der Waals surface area contributed by atoms with Crippen LogP contribution in [0.3, 0.4) is 0 Å². The average molecular weight is 368 g/mol. The number of amides is 1. The van der Waals surface area contributed by atoms with Gasteiger partial charge in [-0.25, -0.2) is 14.8 Å². The quantitative estimate of drug-likeness (QED) is 0.890. The summed E-state index contributed by atoms with van der Waals surface area (Å²) in [5, 5.41) is 3.40. The predicted octanol–water partition coefficient (Wildman–Crippen LogP) is 3.89. The maximum atomic E-state index is 11.8. The Morgan fingerprint density at radius 3 is 2.73 bits per heavy atom.